The SMILES string of the molecule is CCC(=N)[C@H](C=Cc1ccccc1)[C@@H](Cc1ccccc1)NC(=O)OC(C)(C)C. The van der Waals surface area contributed by atoms with Gasteiger partial charge in [0.1, 0.15) is 5.60 Å². The third kappa shape index (κ3) is 7.94. The molecule has 154 valence electrons. The fourth-order valence-corrected chi connectivity index (χ4v) is 3.10. The quantitative estimate of drug-likeness (QED) is 0.551. The second kappa shape index (κ2) is 10.6. The average molecular weight is 393 g/mol. The summed E-state index contributed by atoms with van der Waals surface area (Å²) in [7, 11) is 0. The number of carbonyl (C=O) groups excluding carboxylic acids is 1. The van der Waals surface area contributed by atoms with Gasteiger partial charge in [-0.1, -0.05) is 79.7 Å². The molecule has 0 saturated carbocycles. The standard InChI is InChI=1S/C25H32N2O2/c1-5-22(26)21(17-16-19-12-8-6-9-13-19)23(18-20-14-10-7-11-15-20)27-24(28)29-25(2,3)4/h6-17,21,23,26H,5,18H2,1-4H3,(H,27,28)/t21-,23+/m0/s1. The van der Waals surface area contributed by atoms with Crippen molar-refractivity contribution in [2.45, 2.75) is 52.2 Å². The van der Waals surface area contributed by atoms with Gasteiger partial charge in [0.25, 0.3) is 0 Å². The van der Waals surface area contributed by atoms with Crippen LogP contribution in [0.15, 0.2) is 66.7 Å². The molecular weight excluding hydrogens is 360 g/mol. The van der Waals surface area contributed by atoms with Crippen molar-refractivity contribution in [3.63, 3.8) is 0 Å². The third-order valence-electron chi connectivity index (χ3n) is 4.51. The van der Waals surface area contributed by atoms with E-state index in [0.717, 1.165) is 11.1 Å². The van der Waals surface area contributed by atoms with Gasteiger partial charge < -0.3 is 15.5 Å². The number of hydrogen-bond donors (Lipinski definition) is 2. The van der Waals surface area contributed by atoms with Gasteiger partial charge in [0.15, 0.2) is 0 Å². The summed E-state index contributed by atoms with van der Waals surface area (Å²) in [5, 5.41) is 11.6. The molecule has 0 heterocycles. The molecule has 0 saturated heterocycles. The second-order valence-electron chi connectivity index (χ2n) is 8.12. The summed E-state index contributed by atoms with van der Waals surface area (Å²) < 4.78 is 5.49. The van der Waals surface area contributed by atoms with Crippen LogP contribution in [0.25, 0.3) is 6.08 Å². The van der Waals surface area contributed by atoms with Crippen molar-refractivity contribution in [1.29, 1.82) is 5.41 Å². The molecule has 0 aliphatic rings. The van der Waals surface area contributed by atoms with Crippen molar-refractivity contribution in [3.8, 4) is 0 Å². The number of benzene rings is 2. The molecule has 0 aromatic heterocycles. The van der Waals surface area contributed by atoms with Crippen LogP contribution in [0.2, 0.25) is 0 Å². The van der Waals surface area contributed by atoms with Crippen LogP contribution in [0.4, 0.5) is 4.79 Å². The van der Waals surface area contributed by atoms with Gasteiger partial charge in [0.05, 0.1) is 0 Å². The molecule has 4 nitrogen and oxygen atoms in total. The minimum absolute atomic E-state index is 0.229. The van der Waals surface area contributed by atoms with E-state index in [4.69, 9.17) is 10.1 Å². The zero-order valence-corrected chi connectivity index (χ0v) is 17.8. The molecule has 4 heteroatoms. The highest BCUT2D eigenvalue weighted by Gasteiger charge is 2.27. The van der Waals surface area contributed by atoms with Crippen molar-refractivity contribution in [2.24, 2.45) is 5.92 Å². The maximum Gasteiger partial charge on any atom is 0.407 e. The summed E-state index contributed by atoms with van der Waals surface area (Å²) in [6.07, 6.45) is 4.81. The summed E-state index contributed by atoms with van der Waals surface area (Å²) in [5.74, 6) is -0.229. The van der Waals surface area contributed by atoms with E-state index in [1.807, 2.05) is 101 Å². The third-order valence-corrected chi connectivity index (χ3v) is 4.51. The molecule has 2 aromatic rings. The van der Waals surface area contributed by atoms with E-state index in [1.54, 1.807) is 0 Å². The summed E-state index contributed by atoms with van der Waals surface area (Å²) in [6, 6.07) is 19.7. The van der Waals surface area contributed by atoms with Crippen molar-refractivity contribution in [2.75, 3.05) is 0 Å². The van der Waals surface area contributed by atoms with Gasteiger partial charge in [-0.05, 0) is 44.7 Å². The summed E-state index contributed by atoms with van der Waals surface area (Å²) in [4.78, 5) is 12.5. The van der Waals surface area contributed by atoms with E-state index >= 15 is 0 Å². The zero-order chi connectivity index (χ0) is 21.3. The van der Waals surface area contributed by atoms with Gasteiger partial charge in [-0.2, -0.15) is 0 Å². The van der Waals surface area contributed by atoms with Gasteiger partial charge >= 0.3 is 6.09 Å². The largest absolute Gasteiger partial charge is 0.444 e. The molecule has 0 fully saturated rings. The molecule has 2 aromatic carbocycles. The van der Waals surface area contributed by atoms with Crippen molar-refractivity contribution >= 4 is 17.9 Å². The normalized spacial score (nSPS) is 13.7. The fraction of sp³-hybridized carbons (Fsp3) is 0.360. The van der Waals surface area contributed by atoms with Crippen LogP contribution in [0, 0.1) is 11.3 Å². The Bertz CT molecular complexity index is 808. The molecule has 0 aliphatic carbocycles. The van der Waals surface area contributed by atoms with Gasteiger partial charge in [0, 0.05) is 17.7 Å². The van der Waals surface area contributed by atoms with E-state index in [-0.39, 0.29) is 12.0 Å². The molecule has 0 bridgehead atoms. The lowest BCUT2D eigenvalue weighted by molar-refractivity contribution is 0.0499. The van der Waals surface area contributed by atoms with Crippen molar-refractivity contribution in [3.05, 3.63) is 77.9 Å². The number of ether oxygens (including phenoxy) is 1. The Kier molecular flexibility index (Phi) is 8.20. The molecular formula is C25H32N2O2. The van der Waals surface area contributed by atoms with Crippen LogP contribution in [0.1, 0.15) is 45.2 Å². The maximum atomic E-state index is 12.5. The van der Waals surface area contributed by atoms with E-state index < -0.39 is 11.7 Å². The highest BCUT2D eigenvalue weighted by molar-refractivity contribution is 5.87. The lowest BCUT2D eigenvalue weighted by atomic mass is 9.87. The molecule has 29 heavy (non-hydrogen) atoms. The Morgan fingerprint density at radius 2 is 1.66 bits per heavy atom. The molecule has 0 aliphatic heterocycles. The number of hydrogen-bond acceptors (Lipinski definition) is 3. The second-order valence-corrected chi connectivity index (χ2v) is 8.12. The molecule has 0 radical (unpaired) electrons. The first-order valence-electron chi connectivity index (χ1n) is 10.1. The van der Waals surface area contributed by atoms with E-state index in [0.29, 0.717) is 18.6 Å². The predicted molar refractivity (Wildman–Crippen MR) is 120 cm³/mol. The van der Waals surface area contributed by atoms with Crippen LogP contribution in [0.3, 0.4) is 0 Å². The topological polar surface area (TPSA) is 62.2 Å². The number of amides is 1. The molecule has 2 atom stereocenters. The Hall–Kier alpha value is -2.88. The first-order valence-corrected chi connectivity index (χ1v) is 10.1. The highest BCUT2D eigenvalue weighted by Crippen LogP contribution is 2.18. The van der Waals surface area contributed by atoms with Crippen LogP contribution in [0.5, 0.6) is 0 Å². The predicted octanol–water partition coefficient (Wildman–Crippen LogP) is 5.88. The van der Waals surface area contributed by atoms with Crippen LogP contribution >= 0.6 is 0 Å². The molecule has 2 N–H and O–H groups in total. The summed E-state index contributed by atoms with van der Waals surface area (Å²) >= 11 is 0. The summed E-state index contributed by atoms with van der Waals surface area (Å²) in [6.45, 7) is 7.51. The van der Waals surface area contributed by atoms with E-state index in [9.17, 15) is 4.79 Å². The van der Waals surface area contributed by atoms with Crippen LogP contribution in [-0.2, 0) is 11.2 Å². The monoisotopic (exact) mass is 392 g/mol. The molecule has 0 unspecified atom stereocenters. The zero-order valence-electron chi connectivity index (χ0n) is 17.8. The minimum Gasteiger partial charge on any atom is -0.444 e. The molecule has 1 amide bonds. The molecule has 0 spiro atoms. The van der Waals surface area contributed by atoms with Gasteiger partial charge in [0.2, 0.25) is 0 Å². The number of carbonyl (C=O) groups is 1. The summed E-state index contributed by atoms with van der Waals surface area (Å²) in [5.41, 5.74) is 2.18. The number of rotatable bonds is 8. The van der Waals surface area contributed by atoms with E-state index in [2.05, 4.69) is 5.32 Å². The average Bonchev–Trinajstić information content (AvgIpc) is 2.68. The Labute approximate surface area is 174 Å². The Morgan fingerprint density at radius 3 is 2.21 bits per heavy atom. The van der Waals surface area contributed by atoms with E-state index in [1.165, 1.54) is 0 Å². The van der Waals surface area contributed by atoms with Gasteiger partial charge in [-0.3, -0.25) is 0 Å². The lowest BCUT2D eigenvalue weighted by Gasteiger charge is -2.28. The van der Waals surface area contributed by atoms with Crippen molar-refractivity contribution in [1.82, 2.24) is 5.32 Å². The van der Waals surface area contributed by atoms with Gasteiger partial charge in [-0.25, -0.2) is 4.79 Å². The number of alkyl carbamates (subject to hydrolysis) is 1. The fourth-order valence-electron chi connectivity index (χ4n) is 3.10. The maximum absolute atomic E-state index is 12.5. The van der Waals surface area contributed by atoms with Gasteiger partial charge in [-0.15, -0.1) is 0 Å². The number of nitrogens with one attached hydrogen (secondary N) is 2. The first-order chi connectivity index (χ1) is 13.8. The lowest BCUT2D eigenvalue weighted by Crippen LogP contribution is -2.46. The smallest absolute Gasteiger partial charge is 0.407 e. The van der Waals surface area contributed by atoms with Crippen LogP contribution < -0.4 is 5.32 Å². The Balaban J connectivity index is 2.30. The minimum atomic E-state index is -0.574. The highest BCUT2D eigenvalue weighted by atomic mass is 16.6. The molecule has 2 rings (SSSR count). The van der Waals surface area contributed by atoms with Crippen LogP contribution in [-0.4, -0.2) is 23.4 Å². The first kappa shape index (κ1) is 22.4. The Morgan fingerprint density at radius 1 is 1.07 bits per heavy atom. The van der Waals surface area contributed by atoms with Crippen molar-refractivity contribution < 1.29 is 9.53 Å².